The summed E-state index contributed by atoms with van der Waals surface area (Å²) in [6.45, 7) is 5.17. The van der Waals surface area contributed by atoms with Gasteiger partial charge in [-0.05, 0) is 30.2 Å². The Morgan fingerprint density at radius 3 is 3.05 bits per heavy atom. The van der Waals surface area contributed by atoms with Crippen LogP contribution in [0.3, 0.4) is 0 Å². The Balaban J connectivity index is 2.04. The topological polar surface area (TPSA) is 23.5 Å². The molecule has 1 aliphatic heterocycles. The molecule has 1 saturated heterocycles. The summed E-state index contributed by atoms with van der Waals surface area (Å²) in [4.78, 5) is 2.39. The fourth-order valence-corrected chi connectivity index (χ4v) is 3.71. The summed E-state index contributed by atoms with van der Waals surface area (Å²) in [5, 5.41) is 9.42. The Kier molecular flexibility index (Phi) is 6.56. The maximum Gasteiger partial charge on any atom is 0.124 e. The SMILES string of the molecule is CCC1CN(Cc2cc(F)cc(C#CCCO)c2)CCS1. The van der Waals surface area contributed by atoms with E-state index in [4.69, 9.17) is 5.11 Å². The van der Waals surface area contributed by atoms with Crippen LogP contribution in [0, 0.1) is 17.7 Å². The molecule has 1 heterocycles. The molecule has 2 nitrogen and oxygen atoms in total. The number of benzene rings is 1. The van der Waals surface area contributed by atoms with Gasteiger partial charge in [-0.2, -0.15) is 11.8 Å². The third-order valence-corrected chi connectivity index (χ3v) is 4.88. The minimum atomic E-state index is -0.237. The first kappa shape index (κ1) is 16.4. The molecule has 0 saturated carbocycles. The van der Waals surface area contributed by atoms with Gasteiger partial charge in [-0.1, -0.05) is 18.8 Å². The summed E-state index contributed by atoms with van der Waals surface area (Å²) in [6.07, 6.45) is 1.61. The van der Waals surface area contributed by atoms with Gasteiger partial charge in [-0.3, -0.25) is 4.90 Å². The van der Waals surface area contributed by atoms with Crippen molar-refractivity contribution < 1.29 is 9.50 Å². The highest BCUT2D eigenvalue weighted by Gasteiger charge is 2.19. The van der Waals surface area contributed by atoms with Gasteiger partial charge in [0, 0.05) is 42.6 Å². The molecule has 4 heteroatoms. The highest BCUT2D eigenvalue weighted by Crippen LogP contribution is 2.22. The maximum absolute atomic E-state index is 13.7. The number of halogens is 1. The molecular weight excluding hydrogens is 285 g/mol. The summed E-state index contributed by atoms with van der Waals surface area (Å²) in [6, 6.07) is 5.00. The van der Waals surface area contributed by atoms with Crippen molar-refractivity contribution in [1.82, 2.24) is 4.90 Å². The molecule has 0 spiro atoms. The molecule has 0 bridgehead atoms. The lowest BCUT2D eigenvalue weighted by molar-refractivity contribution is 0.273. The molecule has 1 N–H and O–H groups in total. The number of hydrogen-bond donors (Lipinski definition) is 1. The van der Waals surface area contributed by atoms with Crippen molar-refractivity contribution in [2.45, 2.75) is 31.6 Å². The normalized spacial score (nSPS) is 19.1. The summed E-state index contributed by atoms with van der Waals surface area (Å²) in [7, 11) is 0. The first-order valence-electron chi connectivity index (χ1n) is 7.44. The number of nitrogens with zero attached hydrogens (tertiary/aromatic N) is 1. The molecule has 0 amide bonds. The second-order valence-corrected chi connectivity index (χ2v) is 6.67. The van der Waals surface area contributed by atoms with Crippen LogP contribution < -0.4 is 0 Å². The molecule has 1 aliphatic rings. The van der Waals surface area contributed by atoms with Crippen molar-refractivity contribution >= 4 is 11.8 Å². The molecule has 1 aromatic carbocycles. The minimum absolute atomic E-state index is 0.0407. The van der Waals surface area contributed by atoms with Crippen molar-refractivity contribution in [2.75, 3.05) is 25.4 Å². The van der Waals surface area contributed by atoms with E-state index in [1.165, 1.54) is 12.5 Å². The fraction of sp³-hybridized carbons (Fsp3) is 0.529. The third kappa shape index (κ3) is 5.35. The first-order chi connectivity index (χ1) is 10.2. The monoisotopic (exact) mass is 307 g/mol. The molecule has 1 fully saturated rings. The Hall–Kier alpha value is -1.02. The van der Waals surface area contributed by atoms with E-state index in [-0.39, 0.29) is 12.4 Å². The lowest BCUT2D eigenvalue weighted by Crippen LogP contribution is -2.37. The molecule has 1 atom stereocenters. The van der Waals surface area contributed by atoms with Crippen molar-refractivity contribution in [2.24, 2.45) is 0 Å². The summed E-state index contributed by atoms with van der Waals surface area (Å²) in [5.74, 6) is 6.67. The number of hydrogen-bond acceptors (Lipinski definition) is 3. The van der Waals surface area contributed by atoms with Crippen molar-refractivity contribution in [1.29, 1.82) is 0 Å². The van der Waals surface area contributed by atoms with Crippen LogP contribution in [0.25, 0.3) is 0 Å². The minimum Gasteiger partial charge on any atom is -0.395 e. The third-order valence-electron chi connectivity index (χ3n) is 3.51. The van der Waals surface area contributed by atoms with Gasteiger partial charge in [0.05, 0.1) is 6.61 Å². The number of aliphatic hydroxyl groups excluding tert-OH is 1. The van der Waals surface area contributed by atoms with E-state index in [1.54, 1.807) is 6.07 Å². The lowest BCUT2D eigenvalue weighted by Gasteiger charge is -2.31. The van der Waals surface area contributed by atoms with Crippen LogP contribution in [0.5, 0.6) is 0 Å². The van der Waals surface area contributed by atoms with Gasteiger partial charge >= 0.3 is 0 Å². The largest absolute Gasteiger partial charge is 0.395 e. The predicted octanol–water partition coefficient (Wildman–Crippen LogP) is 2.89. The van der Waals surface area contributed by atoms with E-state index in [2.05, 4.69) is 23.7 Å². The van der Waals surface area contributed by atoms with Crippen LogP contribution in [-0.2, 0) is 6.54 Å². The second kappa shape index (κ2) is 8.43. The number of thioether (sulfide) groups is 1. The van der Waals surface area contributed by atoms with Gasteiger partial charge < -0.3 is 5.11 Å². The number of aliphatic hydroxyl groups is 1. The fourth-order valence-electron chi connectivity index (χ4n) is 2.46. The molecule has 0 aliphatic carbocycles. The van der Waals surface area contributed by atoms with Crippen molar-refractivity contribution in [3.05, 3.63) is 35.1 Å². The quantitative estimate of drug-likeness (QED) is 0.865. The van der Waals surface area contributed by atoms with Crippen LogP contribution in [0.2, 0.25) is 0 Å². The Bertz CT molecular complexity index is 523. The highest BCUT2D eigenvalue weighted by atomic mass is 32.2. The van der Waals surface area contributed by atoms with Gasteiger partial charge in [0.15, 0.2) is 0 Å². The molecule has 114 valence electrons. The zero-order valence-electron chi connectivity index (χ0n) is 12.4. The number of rotatable bonds is 4. The Morgan fingerprint density at radius 2 is 2.29 bits per heavy atom. The lowest BCUT2D eigenvalue weighted by atomic mass is 10.1. The zero-order valence-corrected chi connectivity index (χ0v) is 13.3. The first-order valence-corrected chi connectivity index (χ1v) is 8.49. The zero-order chi connectivity index (χ0) is 15.1. The van der Waals surface area contributed by atoms with Crippen LogP contribution in [0.4, 0.5) is 4.39 Å². The Labute approximate surface area is 130 Å². The molecule has 0 aromatic heterocycles. The van der Waals surface area contributed by atoms with E-state index in [1.807, 2.05) is 17.8 Å². The van der Waals surface area contributed by atoms with Crippen molar-refractivity contribution in [3.8, 4) is 11.8 Å². The maximum atomic E-state index is 13.7. The van der Waals surface area contributed by atoms with Gasteiger partial charge in [0.25, 0.3) is 0 Å². The van der Waals surface area contributed by atoms with Crippen LogP contribution in [0.15, 0.2) is 18.2 Å². The van der Waals surface area contributed by atoms with Crippen LogP contribution in [0.1, 0.15) is 30.9 Å². The molecule has 2 rings (SSSR count). The summed E-state index contributed by atoms with van der Waals surface area (Å²) < 4.78 is 13.7. The average molecular weight is 307 g/mol. The summed E-state index contributed by atoms with van der Waals surface area (Å²) in [5.41, 5.74) is 1.67. The Morgan fingerprint density at radius 1 is 1.43 bits per heavy atom. The van der Waals surface area contributed by atoms with Gasteiger partial charge in [-0.15, -0.1) is 0 Å². The van der Waals surface area contributed by atoms with Crippen LogP contribution >= 0.6 is 11.8 Å². The predicted molar refractivity (Wildman–Crippen MR) is 86.8 cm³/mol. The molecule has 1 unspecified atom stereocenters. The molecule has 1 aromatic rings. The molecule has 21 heavy (non-hydrogen) atoms. The van der Waals surface area contributed by atoms with E-state index in [9.17, 15) is 4.39 Å². The van der Waals surface area contributed by atoms with E-state index in [0.29, 0.717) is 17.2 Å². The van der Waals surface area contributed by atoms with Crippen molar-refractivity contribution in [3.63, 3.8) is 0 Å². The van der Waals surface area contributed by atoms with Gasteiger partial charge in [0.1, 0.15) is 5.82 Å². The van der Waals surface area contributed by atoms with E-state index < -0.39 is 0 Å². The van der Waals surface area contributed by atoms with Crippen LogP contribution in [-0.4, -0.2) is 40.7 Å². The standard InChI is InChI=1S/C17H22FNOS/c1-2-17-13-19(6-8-21-17)12-15-9-14(5-3-4-7-20)10-16(18)11-15/h9-11,17,20H,2,4,6-8,12-13H2,1H3. The van der Waals surface area contributed by atoms with E-state index in [0.717, 1.165) is 31.0 Å². The molecule has 0 radical (unpaired) electrons. The van der Waals surface area contributed by atoms with E-state index >= 15 is 0 Å². The van der Waals surface area contributed by atoms with Gasteiger partial charge in [-0.25, -0.2) is 4.39 Å². The second-order valence-electron chi connectivity index (χ2n) is 5.26. The molecular formula is C17H22FNOS. The average Bonchev–Trinajstić information content (AvgIpc) is 2.47. The highest BCUT2D eigenvalue weighted by molar-refractivity contribution is 8.00. The smallest absolute Gasteiger partial charge is 0.124 e. The van der Waals surface area contributed by atoms with Gasteiger partial charge in [0.2, 0.25) is 0 Å². The summed E-state index contributed by atoms with van der Waals surface area (Å²) >= 11 is 2.04.